The van der Waals surface area contributed by atoms with Gasteiger partial charge in [-0.05, 0) is 34.9 Å². The largest absolute Gasteiger partial charge is 0.481 e. The molecular weight excluding hydrogens is 302 g/mol. The Kier molecular flexibility index (Phi) is 5.58. The number of nitrogens with one attached hydrogen (secondary N) is 1. The van der Waals surface area contributed by atoms with E-state index in [2.05, 4.69) is 5.48 Å². The minimum Gasteiger partial charge on any atom is -0.481 e. The van der Waals surface area contributed by atoms with E-state index in [1.807, 2.05) is 48.5 Å². The number of halogens is 1. The van der Waals surface area contributed by atoms with Crippen LogP contribution in [0.4, 0.5) is 0 Å². The van der Waals surface area contributed by atoms with Gasteiger partial charge < -0.3 is 5.11 Å². The molecule has 2 aromatic rings. The van der Waals surface area contributed by atoms with E-state index >= 15 is 0 Å². The molecular formula is C17H16ClNO3. The average molecular weight is 318 g/mol. The van der Waals surface area contributed by atoms with Crippen molar-refractivity contribution in [2.75, 3.05) is 7.11 Å². The van der Waals surface area contributed by atoms with E-state index in [1.54, 1.807) is 6.08 Å². The SMILES string of the molecule is CONC(=CCC(=O)O)c1ccc(-c2ccc(Cl)cc2)cc1. The predicted molar refractivity (Wildman–Crippen MR) is 87.3 cm³/mol. The van der Waals surface area contributed by atoms with Crippen molar-refractivity contribution >= 4 is 23.3 Å². The van der Waals surface area contributed by atoms with E-state index in [-0.39, 0.29) is 6.42 Å². The van der Waals surface area contributed by atoms with Crippen molar-refractivity contribution in [1.82, 2.24) is 5.48 Å². The van der Waals surface area contributed by atoms with E-state index in [4.69, 9.17) is 21.5 Å². The monoisotopic (exact) mass is 317 g/mol. The molecule has 4 nitrogen and oxygen atoms in total. The molecule has 0 amide bonds. The maximum atomic E-state index is 10.7. The summed E-state index contributed by atoms with van der Waals surface area (Å²) in [5.41, 5.74) is 6.28. The number of hydrogen-bond acceptors (Lipinski definition) is 3. The van der Waals surface area contributed by atoms with Gasteiger partial charge in [0.15, 0.2) is 0 Å². The second kappa shape index (κ2) is 7.64. The van der Waals surface area contributed by atoms with Crippen molar-refractivity contribution in [3.05, 3.63) is 65.2 Å². The number of benzene rings is 2. The van der Waals surface area contributed by atoms with Crippen LogP contribution < -0.4 is 5.48 Å². The van der Waals surface area contributed by atoms with Crippen LogP contribution in [0.3, 0.4) is 0 Å². The van der Waals surface area contributed by atoms with Crippen molar-refractivity contribution < 1.29 is 14.7 Å². The lowest BCUT2D eigenvalue weighted by Crippen LogP contribution is -2.10. The Bertz CT molecular complexity index is 663. The molecule has 114 valence electrons. The van der Waals surface area contributed by atoms with Crippen LogP contribution in [-0.2, 0) is 9.63 Å². The number of aliphatic carboxylic acids is 1. The molecule has 0 atom stereocenters. The molecule has 22 heavy (non-hydrogen) atoms. The maximum Gasteiger partial charge on any atom is 0.307 e. The molecule has 0 bridgehead atoms. The number of rotatable bonds is 6. The summed E-state index contributed by atoms with van der Waals surface area (Å²) < 4.78 is 0. The van der Waals surface area contributed by atoms with Gasteiger partial charge in [0.05, 0.1) is 19.2 Å². The first-order valence-corrected chi connectivity index (χ1v) is 7.05. The van der Waals surface area contributed by atoms with Crippen LogP contribution in [0.2, 0.25) is 5.02 Å². The number of carboxylic acid groups (broad SMARTS) is 1. The van der Waals surface area contributed by atoms with Gasteiger partial charge in [-0.1, -0.05) is 48.0 Å². The number of carbonyl (C=O) groups is 1. The van der Waals surface area contributed by atoms with Gasteiger partial charge in [0.2, 0.25) is 0 Å². The molecule has 0 unspecified atom stereocenters. The van der Waals surface area contributed by atoms with E-state index in [0.717, 1.165) is 16.7 Å². The van der Waals surface area contributed by atoms with Crippen molar-refractivity contribution in [3.8, 4) is 11.1 Å². The quantitative estimate of drug-likeness (QED) is 0.791. The summed E-state index contributed by atoms with van der Waals surface area (Å²) in [5, 5.41) is 9.47. The topological polar surface area (TPSA) is 58.6 Å². The third-order valence-electron chi connectivity index (χ3n) is 3.07. The molecule has 0 aliphatic carbocycles. The lowest BCUT2D eigenvalue weighted by Gasteiger charge is -2.10. The van der Waals surface area contributed by atoms with Crippen LogP contribution in [-0.4, -0.2) is 18.2 Å². The molecule has 0 aliphatic rings. The lowest BCUT2D eigenvalue weighted by molar-refractivity contribution is -0.136. The van der Waals surface area contributed by atoms with Crippen LogP contribution in [0.5, 0.6) is 0 Å². The molecule has 2 aromatic carbocycles. The van der Waals surface area contributed by atoms with E-state index in [9.17, 15) is 4.79 Å². The fraction of sp³-hybridized carbons (Fsp3) is 0.118. The summed E-state index contributed by atoms with van der Waals surface area (Å²) in [7, 11) is 1.48. The summed E-state index contributed by atoms with van der Waals surface area (Å²) in [6, 6.07) is 15.3. The molecule has 0 fully saturated rings. The molecule has 0 heterocycles. The zero-order valence-electron chi connectivity index (χ0n) is 12.0. The Balaban J connectivity index is 2.23. The van der Waals surface area contributed by atoms with Gasteiger partial charge in [-0.15, -0.1) is 0 Å². The first kappa shape index (κ1) is 16.1. The number of hydroxylamine groups is 1. The van der Waals surface area contributed by atoms with Crippen molar-refractivity contribution in [2.24, 2.45) is 0 Å². The van der Waals surface area contributed by atoms with Crippen LogP contribution >= 0.6 is 11.6 Å². The van der Waals surface area contributed by atoms with Crippen LogP contribution in [0, 0.1) is 0 Å². The van der Waals surface area contributed by atoms with Gasteiger partial charge >= 0.3 is 5.97 Å². The van der Waals surface area contributed by atoms with Crippen molar-refractivity contribution in [1.29, 1.82) is 0 Å². The zero-order chi connectivity index (χ0) is 15.9. The highest BCUT2D eigenvalue weighted by atomic mass is 35.5. The average Bonchev–Trinajstić information content (AvgIpc) is 2.52. The Morgan fingerprint density at radius 1 is 1.14 bits per heavy atom. The van der Waals surface area contributed by atoms with Crippen LogP contribution in [0.15, 0.2) is 54.6 Å². The summed E-state index contributed by atoms with van der Waals surface area (Å²) >= 11 is 5.88. The van der Waals surface area contributed by atoms with Gasteiger partial charge in [0.1, 0.15) is 0 Å². The molecule has 2 N–H and O–H groups in total. The van der Waals surface area contributed by atoms with Crippen molar-refractivity contribution in [3.63, 3.8) is 0 Å². The van der Waals surface area contributed by atoms with Gasteiger partial charge in [-0.3, -0.25) is 15.1 Å². The first-order chi connectivity index (χ1) is 10.6. The molecule has 0 aromatic heterocycles. The molecule has 0 radical (unpaired) electrons. The normalized spacial score (nSPS) is 11.3. The van der Waals surface area contributed by atoms with Gasteiger partial charge in [0, 0.05) is 5.02 Å². The highest BCUT2D eigenvalue weighted by Crippen LogP contribution is 2.23. The fourth-order valence-electron chi connectivity index (χ4n) is 2.00. The third-order valence-corrected chi connectivity index (χ3v) is 3.32. The molecule has 0 spiro atoms. The maximum absolute atomic E-state index is 10.7. The third kappa shape index (κ3) is 4.35. The number of carboxylic acids is 1. The Hall–Kier alpha value is -2.30. The molecule has 2 rings (SSSR count). The smallest absolute Gasteiger partial charge is 0.307 e. The highest BCUT2D eigenvalue weighted by molar-refractivity contribution is 6.30. The molecule has 0 aliphatic heterocycles. The Morgan fingerprint density at radius 2 is 1.68 bits per heavy atom. The summed E-state index contributed by atoms with van der Waals surface area (Å²) in [6.45, 7) is 0. The van der Waals surface area contributed by atoms with E-state index < -0.39 is 5.97 Å². The lowest BCUT2D eigenvalue weighted by atomic mass is 10.0. The minimum absolute atomic E-state index is 0.0787. The highest BCUT2D eigenvalue weighted by Gasteiger charge is 2.04. The zero-order valence-corrected chi connectivity index (χ0v) is 12.8. The van der Waals surface area contributed by atoms with Crippen LogP contribution in [0.25, 0.3) is 16.8 Å². The molecule has 5 heteroatoms. The summed E-state index contributed by atoms with van der Waals surface area (Å²) in [6.07, 6.45) is 1.49. The Morgan fingerprint density at radius 3 is 2.18 bits per heavy atom. The second-order valence-electron chi connectivity index (χ2n) is 4.61. The predicted octanol–water partition coefficient (Wildman–Crippen LogP) is 3.97. The first-order valence-electron chi connectivity index (χ1n) is 6.67. The van der Waals surface area contributed by atoms with Gasteiger partial charge in [0.25, 0.3) is 0 Å². The van der Waals surface area contributed by atoms with Gasteiger partial charge in [-0.25, -0.2) is 0 Å². The van der Waals surface area contributed by atoms with Crippen LogP contribution in [0.1, 0.15) is 12.0 Å². The van der Waals surface area contributed by atoms with Crippen molar-refractivity contribution in [2.45, 2.75) is 6.42 Å². The fourth-order valence-corrected chi connectivity index (χ4v) is 2.13. The number of hydrogen-bond donors (Lipinski definition) is 2. The second-order valence-corrected chi connectivity index (χ2v) is 5.04. The van der Waals surface area contributed by atoms with E-state index in [1.165, 1.54) is 7.11 Å². The minimum atomic E-state index is -0.895. The summed E-state index contributed by atoms with van der Waals surface area (Å²) in [4.78, 5) is 15.6. The van der Waals surface area contributed by atoms with E-state index in [0.29, 0.717) is 10.7 Å². The Labute approximate surface area is 134 Å². The van der Waals surface area contributed by atoms with Gasteiger partial charge in [-0.2, -0.15) is 0 Å². The molecule has 0 saturated heterocycles. The summed E-state index contributed by atoms with van der Waals surface area (Å²) in [5.74, 6) is -0.895. The standard InChI is InChI=1S/C17H16ClNO3/c1-22-19-16(10-11-17(20)21)14-4-2-12(3-5-14)13-6-8-15(18)9-7-13/h2-10,19H,11H2,1H3,(H,20,21). The molecule has 0 saturated carbocycles.